The molecule has 0 radical (unpaired) electrons. The van der Waals surface area contributed by atoms with Crippen molar-refractivity contribution in [3.8, 4) is 11.5 Å². The van der Waals surface area contributed by atoms with E-state index in [1.165, 1.54) is 24.1 Å². The molecule has 1 amide bonds. The molecule has 8 heteroatoms. The third kappa shape index (κ3) is 8.02. The summed E-state index contributed by atoms with van der Waals surface area (Å²) in [6.07, 6.45) is -1.65. The van der Waals surface area contributed by atoms with Gasteiger partial charge < -0.3 is 24.2 Å². The monoisotopic (exact) mass is 423 g/mol. The maximum absolute atomic E-state index is 12.1. The van der Waals surface area contributed by atoms with E-state index in [1.807, 2.05) is 0 Å². The number of benzene rings is 1. The molecule has 30 heavy (non-hydrogen) atoms. The molecule has 0 aromatic heterocycles. The van der Waals surface area contributed by atoms with Crippen molar-refractivity contribution in [3.63, 3.8) is 0 Å². The molecule has 1 rings (SSSR count). The normalized spacial score (nSPS) is 12.5. The van der Waals surface area contributed by atoms with Crippen molar-refractivity contribution in [2.45, 2.75) is 60.2 Å². The highest BCUT2D eigenvalue weighted by Gasteiger charge is 2.24. The van der Waals surface area contributed by atoms with Crippen LogP contribution in [-0.4, -0.2) is 47.2 Å². The second kappa shape index (κ2) is 10.4. The van der Waals surface area contributed by atoms with Gasteiger partial charge in [0, 0.05) is 7.05 Å². The average molecular weight is 424 g/mol. The van der Waals surface area contributed by atoms with Gasteiger partial charge in [0.05, 0.1) is 24.5 Å². The van der Waals surface area contributed by atoms with Gasteiger partial charge in [0.25, 0.3) is 0 Å². The van der Waals surface area contributed by atoms with Crippen LogP contribution in [0.4, 0.5) is 4.79 Å². The lowest BCUT2D eigenvalue weighted by Gasteiger charge is -2.26. The molecule has 0 saturated heterocycles. The predicted molar refractivity (Wildman–Crippen MR) is 111 cm³/mol. The summed E-state index contributed by atoms with van der Waals surface area (Å²) in [5.41, 5.74) is -0.266. The van der Waals surface area contributed by atoms with Gasteiger partial charge in [-0.25, -0.2) is 4.79 Å². The van der Waals surface area contributed by atoms with E-state index in [4.69, 9.17) is 14.2 Å². The smallest absolute Gasteiger partial charge is 0.410 e. The van der Waals surface area contributed by atoms with E-state index in [-0.39, 0.29) is 24.0 Å². The molecule has 0 saturated carbocycles. The van der Waals surface area contributed by atoms with Gasteiger partial charge in [0.1, 0.15) is 5.60 Å². The van der Waals surface area contributed by atoms with Crippen LogP contribution in [0.3, 0.4) is 0 Å². The largest absolute Gasteiger partial charge is 0.444 e. The summed E-state index contributed by atoms with van der Waals surface area (Å²) in [5, 5.41) is 10.6. The molecule has 1 atom stereocenters. The number of rotatable bonds is 7. The van der Waals surface area contributed by atoms with Gasteiger partial charge in [-0.15, -0.1) is 0 Å². The summed E-state index contributed by atoms with van der Waals surface area (Å²) in [4.78, 5) is 37.4. The quantitative estimate of drug-likeness (QED) is 0.527. The van der Waals surface area contributed by atoms with E-state index in [1.54, 1.807) is 54.5 Å². The number of aliphatic hydroxyl groups excluding tert-OH is 1. The molecular weight excluding hydrogens is 390 g/mol. The molecule has 0 heterocycles. The Morgan fingerprint density at radius 1 is 0.967 bits per heavy atom. The first-order valence-electron chi connectivity index (χ1n) is 9.90. The van der Waals surface area contributed by atoms with Crippen molar-refractivity contribution < 1.29 is 33.7 Å². The van der Waals surface area contributed by atoms with Crippen LogP contribution in [0.5, 0.6) is 11.5 Å². The molecule has 0 aliphatic rings. The Labute approximate surface area is 178 Å². The van der Waals surface area contributed by atoms with Crippen molar-refractivity contribution in [3.05, 3.63) is 23.8 Å². The number of hydrogen-bond donors (Lipinski definition) is 1. The summed E-state index contributed by atoms with van der Waals surface area (Å²) in [6, 6.07) is 4.43. The number of aliphatic hydroxyl groups is 1. The molecule has 0 bridgehead atoms. The minimum atomic E-state index is -1.08. The summed E-state index contributed by atoms with van der Waals surface area (Å²) in [7, 11) is 1.51. The molecule has 0 spiro atoms. The lowest BCUT2D eigenvalue weighted by atomic mass is 10.1. The Hall–Kier alpha value is -2.61. The number of hydrogen-bond acceptors (Lipinski definition) is 7. The molecule has 0 aliphatic heterocycles. The van der Waals surface area contributed by atoms with Crippen LogP contribution in [0.1, 0.15) is 60.1 Å². The highest BCUT2D eigenvalue weighted by molar-refractivity contribution is 5.78. The van der Waals surface area contributed by atoms with Crippen molar-refractivity contribution in [1.82, 2.24) is 4.90 Å². The Morgan fingerprint density at radius 3 is 1.93 bits per heavy atom. The maximum atomic E-state index is 12.1. The van der Waals surface area contributed by atoms with Gasteiger partial charge in [0.15, 0.2) is 11.5 Å². The lowest BCUT2D eigenvalue weighted by molar-refractivity contribution is -0.140. The summed E-state index contributed by atoms with van der Waals surface area (Å²) >= 11 is 0. The number of nitrogens with zero attached hydrogens (tertiary/aromatic N) is 1. The number of likely N-dealkylation sites (N-methyl/N-ethyl adjacent to an activating group) is 1. The van der Waals surface area contributed by atoms with Gasteiger partial charge >= 0.3 is 18.0 Å². The molecule has 1 aromatic carbocycles. The zero-order valence-electron chi connectivity index (χ0n) is 19.0. The third-order valence-electron chi connectivity index (χ3n) is 3.87. The predicted octanol–water partition coefficient (Wildman–Crippen LogP) is 3.71. The molecule has 0 unspecified atom stereocenters. The van der Waals surface area contributed by atoms with Crippen LogP contribution < -0.4 is 9.47 Å². The second-order valence-electron chi connectivity index (χ2n) is 8.73. The van der Waals surface area contributed by atoms with Crippen LogP contribution in [0.15, 0.2) is 18.2 Å². The fourth-order valence-electron chi connectivity index (χ4n) is 2.13. The van der Waals surface area contributed by atoms with Crippen molar-refractivity contribution in [2.24, 2.45) is 11.8 Å². The lowest BCUT2D eigenvalue weighted by Crippen LogP contribution is -2.36. The molecule has 0 aliphatic carbocycles. The Bertz CT molecular complexity index is 765. The highest BCUT2D eigenvalue weighted by atomic mass is 16.6. The summed E-state index contributed by atoms with van der Waals surface area (Å²) in [6.45, 7) is 11.9. The van der Waals surface area contributed by atoms with Crippen molar-refractivity contribution in [2.75, 3.05) is 13.6 Å². The van der Waals surface area contributed by atoms with Gasteiger partial charge in [-0.05, 0) is 38.5 Å². The van der Waals surface area contributed by atoms with Crippen LogP contribution in [0, 0.1) is 11.8 Å². The fraction of sp³-hybridized carbons (Fsp3) is 0.591. The van der Waals surface area contributed by atoms with E-state index >= 15 is 0 Å². The highest BCUT2D eigenvalue weighted by Crippen LogP contribution is 2.32. The minimum Gasteiger partial charge on any atom is -0.444 e. The Balaban J connectivity index is 3.07. The van der Waals surface area contributed by atoms with Gasteiger partial charge in [-0.2, -0.15) is 0 Å². The van der Waals surface area contributed by atoms with E-state index in [0.717, 1.165) is 0 Å². The van der Waals surface area contributed by atoms with Crippen LogP contribution in [0.2, 0.25) is 0 Å². The van der Waals surface area contributed by atoms with Gasteiger partial charge in [-0.1, -0.05) is 33.8 Å². The summed E-state index contributed by atoms with van der Waals surface area (Å²) in [5.74, 6) is -1.64. The van der Waals surface area contributed by atoms with Gasteiger partial charge in [0.2, 0.25) is 0 Å². The molecule has 8 nitrogen and oxygen atoms in total. The maximum Gasteiger partial charge on any atom is 0.410 e. The minimum absolute atomic E-state index is 0.0270. The molecule has 1 N–H and O–H groups in total. The number of esters is 2. The zero-order valence-corrected chi connectivity index (χ0v) is 19.0. The molecule has 1 aromatic rings. The first-order chi connectivity index (χ1) is 13.7. The Kier molecular flexibility index (Phi) is 8.84. The fourth-order valence-corrected chi connectivity index (χ4v) is 2.13. The Morgan fingerprint density at radius 2 is 1.47 bits per heavy atom. The first kappa shape index (κ1) is 25.4. The number of ether oxygens (including phenoxy) is 3. The SMILES string of the molecule is CC(C)C(=O)Oc1ccc([C@@H](O)CN(C)C(=O)OC(C)(C)C)cc1OC(=O)C(C)C. The van der Waals surface area contributed by atoms with E-state index < -0.39 is 35.7 Å². The third-order valence-corrected chi connectivity index (χ3v) is 3.87. The van der Waals surface area contributed by atoms with Gasteiger partial charge in [-0.3, -0.25) is 9.59 Å². The first-order valence-corrected chi connectivity index (χ1v) is 9.90. The number of carbonyl (C=O) groups excluding carboxylic acids is 3. The topological polar surface area (TPSA) is 102 Å². The number of amides is 1. The van der Waals surface area contributed by atoms with Crippen molar-refractivity contribution in [1.29, 1.82) is 0 Å². The van der Waals surface area contributed by atoms with Crippen LogP contribution >= 0.6 is 0 Å². The second-order valence-corrected chi connectivity index (χ2v) is 8.73. The average Bonchev–Trinajstić information content (AvgIpc) is 2.61. The zero-order chi connectivity index (χ0) is 23.2. The van der Waals surface area contributed by atoms with Crippen LogP contribution in [0.25, 0.3) is 0 Å². The molecule has 168 valence electrons. The van der Waals surface area contributed by atoms with Crippen LogP contribution in [-0.2, 0) is 14.3 Å². The van der Waals surface area contributed by atoms with E-state index in [0.29, 0.717) is 5.56 Å². The van der Waals surface area contributed by atoms with Crippen molar-refractivity contribution >= 4 is 18.0 Å². The van der Waals surface area contributed by atoms with E-state index in [9.17, 15) is 19.5 Å². The summed E-state index contributed by atoms with van der Waals surface area (Å²) < 4.78 is 16.0. The molecular formula is C22H33NO7. The molecule has 0 fully saturated rings. The van der Waals surface area contributed by atoms with E-state index in [2.05, 4.69) is 0 Å². The standard InChI is InChI=1S/C22H33NO7/c1-13(2)19(25)28-17-10-9-15(11-18(17)29-20(26)14(3)4)16(24)12-23(8)21(27)30-22(5,6)7/h9-11,13-14,16,24H,12H2,1-8H3/t16-/m0/s1. The number of carbonyl (C=O) groups is 3.